The van der Waals surface area contributed by atoms with E-state index in [2.05, 4.69) is 28.7 Å². The van der Waals surface area contributed by atoms with Gasteiger partial charge >= 0.3 is 5.97 Å². The molecule has 9 heteroatoms. The Morgan fingerprint density at radius 3 is 2.32 bits per heavy atom. The van der Waals surface area contributed by atoms with Crippen molar-refractivity contribution in [2.75, 3.05) is 24.6 Å². The Morgan fingerprint density at radius 2 is 1.76 bits per heavy atom. The SMILES string of the molecule is CC1(C)CCN(c2c(-c3ccc(OCCc4ccc(F)cc4)cn3)cnc(CO)c2[C@H](OC(C)(C)C)C(=O)O)CC1. The number of aliphatic hydroxyl groups excluding tert-OH is 1. The van der Waals surface area contributed by atoms with Gasteiger partial charge in [-0.05, 0) is 68.9 Å². The van der Waals surface area contributed by atoms with E-state index in [0.717, 1.165) is 18.4 Å². The Hall–Kier alpha value is -3.56. The van der Waals surface area contributed by atoms with Crippen LogP contribution in [0.5, 0.6) is 5.75 Å². The molecule has 8 nitrogen and oxygen atoms in total. The fourth-order valence-electron chi connectivity index (χ4n) is 4.97. The molecule has 4 rings (SSSR count). The number of benzene rings is 1. The number of rotatable bonds is 10. The van der Waals surface area contributed by atoms with Crippen LogP contribution in [0.25, 0.3) is 11.3 Å². The molecule has 2 aromatic heterocycles. The number of carbonyl (C=O) groups is 1. The van der Waals surface area contributed by atoms with E-state index in [1.54, 1.807) is 45.3 Å². The number of halogens is 1. The first-order valence-electron chi connectivity index (χ1n) is 14.0. The minimum absolute atomic E-state index is 0.170. The third-order valence-electron chi connectivity index (χ3n) is 7.30. The number of aromatic nitrogens is 2. The van der Waals surface area contributed by atoms with Gasteiger partial charge in [0, 0.05) is 36.8 Å². The first kappa shape index (κ1) is 30.4. The zero-order valence-electron chi connectivity index (χ0n) is 24.5. The van der Waals surface area contributed by atoms with E-state index >= 15 is 0 Å². The summed E-state index contributed by atoms with van der Waals surface area (Å²) in [6, 6.07) is 9.96. The van der Waals surface area contributed by atoms with Crippen LogP contribution in [0, 0.1) is 11.2 Å². The highest BCUT2D eigenvalue weighted by Gasteiger charge is 2.36. The third-order valence-corrected chi connectivity index (χ3v) is 7.30. The molecule has 0 radical (unpaired) electrons. The van der Waals surface area contributed by atoms with E-state index in [1.807, 2.05) is 12.1 Å². The first-order chi connectivity index (χ1) is 19.4. The maximum Gasteiger partial charge on any atom is 0.337 e. The lowest BCUT2D eigenvalue weighted by atomic mass is 9.82. The quantitative estimate of drug-likeness (QED) is 0.310. The fraction of sp³-hybridized carbons (Fsp3) is 0.469. The zero-order valence-corrected chi connectivity index (χ0v) is 24.5. The second-order valence-corrected chi connectivity index (χ2v) is 12.2. The van der Waals surface area contributed by atoms with Crippen LogP contribution in [-0.4, -0.2) is 51.4 Å². The Labute approximate surface area is 241 Å². The van der Waals surface area contributed by atoms with Gasteiger partial charge in [0.1, 0.15) is 11.6 Å². The van der Waals surface area contributed by atoms with Crippen LogP contribution < -0.4 is 9.64 Å². The van der Waals surface area contributed by atoms with Crippen LogP contribution >= 0.6 is 0 Å². The summed E-state index contributed by atoms with van der Waals surface area (Å²) in [5.74, 6) is -0.840. The van der Waals surface area contributed by atoms with Crippen molar-refractivity contribution in [2.24, 2.45) is 5.41 Å². The number of anilines is 1. The highest BCUT2D eigenvalue weighted by atomic mass is 19.1. The molecule has 1 fully saturated rings. The lowest BCUT2D eigenvalue weighted by Crippen LogP contribution is -2.39. The van der Waals surface area contributed by atoms with Gasteiger partial charge in [-0.1, -0.05) is 26.0 Å². The topological polar surface area (TPSA) is 105 Å². The molecule has 0 amide bonds. The van der Waals surface area contributed by atoms with Crippen LogP contribution in [0.4, 0.5) is 10.1 Å². The second kappa shape index (κ2) is 12.5. The molecule has 0 bridgehead atoms. The molecule has 2 N–H and O–H groups in total. The number of hydrogen-bond donors (Lipinski definition) is 2. The van der Waals surface area contributed by atoms with E-state index in [9.17, 15) is 19.4 Å². The average molecular weight is 566 g/mol. The number of aliphatic hydroxyl groups is 1. The van der Waals surface area contributed by atoms with E-state index in [1.165, 1.54) is 12.1 Å². The van der Waals surface area contributed by atoms with E-state index < -0.39 is 24.3 Å². The number of carboxylic acid groups (broad SMARTS) is 1. The summed E-state index contributed by atoms with van der Waals surface area (Å²) in [7, 11) is 0. The maximum atomic E-state index is 13.2. The monoisotopic (exact) mass is 565 g/mol. The molecule has 0 aliphatic carbocycles. The number of pyridine rings is 2. The molecule has 0 unspecified atom stereocenters. The smallest absolute Gasteiger partial charge is 0.337 e. The van der Waals surface area contributed by atoms with Gasteiger partial charge in [0.2, 0.25) is 0 Å². The Bertz CT molecular complexity index is 1330. The molecule has 1 aromatic carbocycles. The fourth-order valence-corrected chi connectivity index (χ4v) is 4.97. The normalized spacial score (nSPS) is 15.9. The minimum atomic E-state index is -1.33. The third kappa shape index (κ3) is 7.80. The number of nitrogens with zero attached hydrogens (tertiary/aromatic N) is 3. The van der Waals surface area contributed by atoms with Crippen molar-refractivity contribution < 1.29 is 28.9 Å². The molecule has 3 aromatic rings. The summed E-state index contributed by atoms with van der Waals surface area (Å²) in [5.41, 5.74) is 2.96. The number of carboxylic acids is 1. The molecule has 1 atom stereocenters. The highest BCUT2D eigenvalue weighted by Crippen LogP contribution is 2.43. The zero-order chi connectivity index (χ0) is 29.8. The summed E-state index contributed by atoms with van der Waals surface area (Å²) in [4.78, 5) is 23.9. The number of hydrogen-bond acceptors (Lipinski definition) is 7. The number of aliphatic carboxylic acids is 1. The number of piperidine rings is 1. The Balaban J connectivity index is 1.70. The van der Waals surface area contributed by atoms with Crippen molar-refractivity contribution in [3.63, 3.8) is 0 Å². The van der Waals surface area contributed by atoms with Crippen molar-refractivity contribution >= 4 is 11.7 Å². The standard InChI is InChI=1S/C32H40FN3O5/c1-31(2,3)41-29(30(38)39)27-26(20-37)35-19-24(28(27)36-15-13-32(4,5)14-16-36)25-11-10-23(18-34-25)40-17-12-21-6-8-22(33)9-7-21/h6-11,18-19,29,37H,12-17,20H2,1-5H3,(H,38,39)/t29-/m0/s1. The van der Waals surface area contributed by atoms with Gasteiger partial charge in [0.25, 0.3) is 0 Å². The van der Waals surface area contributed by atoms with E-state index in [0.29, 0.717) is 54.4 Å². The van der Waals surface area contributed by atoms with Gasteiger partial charge < -0.3 is 24.6 Å². The largest absolute Gasteiger partial charge is 0.492 e. The van der Waals surface area contributed by atoms with Crippen LogP contribution in [0.15, 0.2) is 48.8 Å². The molecule has 1 saturated heterocycles. The molecule has 0 spiro atoms. The van der Waals surface area contributed by atoms with E-state index in [4.69, 9.17) is 9.47 Å². The summed E-state index contributed by atoms with van der Waals surface area (Å²) < 4.78 is 25.1. The maximum absolute atomic E-state index is 13.2. The molecule has 1 aliphatic rings. The lowest BCUT2D eigenvalue weighted by molar-refractivity contribution is -0.160. The number of ether oxygens (including phenoxy) is 2. The van der Waals surface area contributed by atoms with Gasteiger partial charge in [-0.15, -0.1) is 0 Å². The minimum Gasteiger partial charge on any atom is -0.492 e. The van der Waals surface area contributed by atoms with Gasteiger partial charge in [-0.3, -0.25) is 9.97 Å². The Morgan fingerprint density at radius 1 is 1.07 bits per heavy atom. The average Bonchev–Trinajstić information content (AvgIpc) is 2.92. The molecule has 0 saturated carbocycles. The second-order valence-electron chi connectivity index (χ2n) is 12.2. The predicted molar refractivity (Wildman–Crippen MR) is 155 cm³/mol. The molecule has 41 heavy (non-hydrogen) atoms. The molecule has 220 valence electrons. The van der Waals surface area contributed by atoms with Crippen molar-refractivity contribution in [1.29, 1.82) is 0 Å². The molecular weight excluding hydrogens is 525 g/mol. The van der Waals surface area contributed by atoms with Crippen LogP contribution in [0.3, 0.4) is 0 Å². The van der Waals surface area contributed by atoms with E-state index in [-0.39, 0.29) is 16.9 Å². The first-order valence-corrected chi connectivity index (χ1v) is 14.0. The molecular formula is C32H40FN3O5. The highest BCUT2D eigenvalue weighted by molar-refractivity contribution is 5.85. The molecule has 3 heterocycles. The van der Waals surface area contributed by atoms with Crippen molar-refractivity contribution in [2.45, 2.75) is 72.2 Å². The van der Waals surface area contributed by atoms with Gasteiger partial charge in [0.05, 0.1) is 42.1 Å². The van der Waals surface area contributed by atoms with Crippen molar-refractivity contribution in [3.8, 4) is 17.0 Å². The Kier molecular flexibility index (Phi) is 9.29. The van der Waals surface area contributed by atoms with Gasteiger partial charge in [-0.25, -0.2) is 9.18 Å². The van der Waals surface area contributed by atoms with Crippen molar-refractivity contribution in [1.82, 2.24) is 9.97 Å². The van der Waals surface area contributed by atoms with Gasteiger partial charge in [0.15, 0.2) is 6.10 Å². The predicted octanol–water partition coefficient (Wildman–Crippen LogP) is 5.96. The molecule has 1 aliphatic heterocycles. The van der Waals surface area contributed by atoms with Crippen LogP contribution in [-0.2, 0) is 22.6 Å². The van der Waals surface area contributed by atoms with Gasteiger partial charge in [-0.2, -0.15) is 0 Å². The van der Waals surface area contributed by atoms with Crippen LogP contribution in [0.2, 0.25) is 0 Å². The summed E-state index contributed by atoms with van der Waals surface area (Å²) in [6.07, 6.45) is 4.42. The van der Waals surface area contributed by atoms with Crippen molar-refractivity contribution in [3.05, 3.63) is 71.4 Å². The lowest BCUT2D eigenvalue weighted by Gasteiger charge is -2.40. The summed E-state index contributed by atoms with van der Waals surface area (Å²) in [5, 5.41) is 20.5. The summed E-state index contributed by atoms with van der Waals surface area (Å²) in [6.45, 7) is 11.3. The van der Waals surface area contributed by atoms with Crippen LogP contribution in [0.1, 0.15) is 70.4 Å². The summed E-state index contributed by atoms with van der Waals surface area (Å²) >= 11 is 0.